The number of nitrogens with zero attached hydrogens (tertiary/aromatic N) is 1. The van der Waals surface area contributed by atoms with E-state index in [4.69, 9.17) is 0 Å². The average Bonchev–Trinajstić information content (AvgIpc) is 3.50. The summed E-state index contributed by atoms with van der Waals surface area (Å²) in [5, 5.41) is 2.92. The van der Waals surface area contributed by atoms with Crippen LogP contribution in [-0.2, 0) is 11.3 Å². The van der Waals surface area contributed by atoms with E-state index >= 15 is 0 Å². The number of nitrogens with one attached hydrogen (secondary N) is 1. The molecule has 1 N–H and O–H groups in total. The monoisotopic (exact) mass is 378 g/mol. The van der Waals surface area contributed by atoms with Gasteiger partial charge >= 0.3 is 0 Å². The minimum absolute atomic E-state index is 0.00936. The third kappa shape index (κ3) is 5.00. The Kier molecular flexibility index (Phi) is 5.87. The molecule has 148 valence electrons. The lowest BCUT2D eigenvalue weighted by molar-refractivity contribution is -0.123. The van der Waals surface area contributed by atoms with Gasteiger partial charge in [-0.25, -0.2) is 0 Å². The molecule has 0 spiro atoms. The highest BCUT2D eigenvalue weighted by atomic mass is 16.2. The summed E-state index contributed by atoms with van der Waals surface area (Å²) in [4.78, 5) is 27.6. The topological polar surface area (TPSA) is 49.4 Å². The van der Waals surface area contributed by atoms with E-state index in [0.29, 0.717) is 23.7 Å². The van der Waals surface area contributed by atoms with E-state index in [1.54, 1.807) is 6.07 Å². The van der Waals surface area contributed by atoms with Crippen LogP contribution in [0.2, 0.25) is 0 Å². The Morgan fingerprint density at radius 1 is 1.07 bits per heavy atom. The minimum Gasteiger partial charge on any atom is -0.331 e. The summed E-state index contributed by atoms with van der Waals surface area (Å²) < 4.78 is 0. The van der Waals surface area contributed by atoms with Crippen LogP contribution in [0.15, 0.2) is 54.6 Å². The van der Waals surface area contributed by atoms with Crippen molar-refractivity contribution in [1.29, 1.82) is 0 Å². The van der Waals surface area contributed by atoms with E-state index in [0.717, 1.165) is 5.56 Å². The van der Waals surface area contributed by atoms with E-state index in [2.05, 4.69) is 24.4 Å². The van der Waals surface area contributed by atoms with Crippen molar-refractivity contribution in [3.05, 3.63) is 65.7 Å². The molecule has 1 atom stereocenters. The number of carbonyl (C=O) groups excluding carboxylic acids is 2. The van der Waals surface area contributed by atoms with Crippen molar-refractivity contribution in [3.63, 3.8) is 0 Å². The van der Waals surface area contributed by atoms with Crippen LogP contribution >= 0.6 is 0 Å². The Balaban J connectivity index is 1.82. The number of amides is 2. The zero-order valence-corrected chi connectivity index (χ0v) is 17.2. The number of benzene rings is 2. The van der Waals surface area contributed by atoms with Gasteiger partial charge in [0.25, 0.3) is 5.91 Å². The lowest BCUT2D eigenvalue weighted by Crippen LogP contribution is -2.39. The van der Waals surface area contributed by atoms with E-state index in [1.165, 1.54) is 12.8 Å². The van der Waals surface area contributed by atoms with Gasteiger partial charge in [-0.15, -0.1) is 0 Å². The molecule has 1 aliphatic rings. The first kappa shape index (κ1) is 20.1. The quantitative estimate of drug-likeness (QED) is 0.759. The van der Waals surface area contributed by atoms with Gasteiger partial charge in [-0.2, -0.15) is 0 Å². The molecule has 0 saturated heterocycles. The van der Waals surface area contributed by atoms with Crippen LogP contribution in [0.4, 0.5) is 5.69 Å². The minimum atomic E-state index is -0.486. The Labute approximate surface area is 167 Å². The third-order valence-corrected chi connectivity index (χ3v) is 5.30. The first-order valence-electron chi connectivity index (χ1n) is 10.0. The average molecular weight is 379 g/mol. The normalized spacial score (nSPS) is 15.0. The molecular weight excluding hydrogens is 348 g/mol. The van der Waals surface area contributed by atoms with E-state index < -0.39 is 5.41 Å². The fraction of sp³-hybridized carbons (Fsp3) is 0.417. The van der Waals surface area contributed by atoms with Gasteiger partial charge in [0.1, 0.15) is 0 Å². The SMILES string of the molecule is CC(C1CC1)N(Cc1ccccc1)C(=O)c1cccc(NC(=O)C(C)(C)C)c1. The van der Waals surface area contributed by atoms with E-state index in [1.807, 2.05) is 62.1 Å². The van der Waals surface area contributed by atoms with E-state index in [9.17, 15) is 9.59 Å². The maximum absolute atomic E-state index is 13.4. The molecule has 4 nitrogen and oxygen atoms in total. The fourth-order valence-corrected chi connectivity index (χ4v) is 3.23. The van der Waals surface area contributed by atoms with Crippen molar-refractivity contribution in [2.24, 2.45) is 11.3 Å². The molecule has 0 heterocycles. The summed E-state index contributed by atoms with van der Waals surface area (Å²) in [6.45, 7) is 8.35. The second kappa shape index (κ2) is 8.17. The second-order valence-corrected chi connectivity index (χ2v) is 8.78. The number of rotatable bonds is 6. The van der Waals surface area contributed by atoms with Gasteiger partial charge in [-0.1, -0.05) is 57.2 Å². The van der Waals surface area contributed by atoms with Crippen molar-refractivity contribution in [2.75, 3.05) is 5.32 Å². The van der Waals surface area contributed by atoms with Crippen molar-refractivity contribution < 1.29 is 9.59 Å². The Morgan fingerprint density at radius 3 is 2.36 bits per heavy atom. The standard InChI is InChI=1S/C24H30N2O2/c1-17(19-13-14-19)26(16-18-9-6-5-7-10-18)22(27)20-11-8-12-21(15-20)25-23(28)24(2,3)4/h5-12,15,17,19H,13-14,16H2,1-4H3,(H,25,28). The molecule has 1 saturated carbocycles. The summed E-state index contributed by atoms with van der Waals surface area (Å²) in [5.41, 5.74) is 1.90. The Hall–Kier alpha value is -2.62. The third-order valence-electron chi connectivity index (χ3n) is 5.30. The van der Waals surface area contributed by atoms with Crippen LogP contribution in [0.5, 0.6) is 0 Å². The van der Waals surface area contributed by atoms with Crippen LogP contribution in [0.25, 0.3) is 0 Å². The highest BCUT2D eigenvalue weighted by Crippen LogP contribution is 2.36. The molecule has 28 heavy (non-hydrogen) atoms. The fourth-order valence-electron chi connectivity index (χ4n) is 3.23. The second-order valence-electron chi connectivity index (χ2n) is 8.78. The summed E-state index contributed by atoms with van der Waals surface area (Å²) in [5.74, 6) is 0.524. The lowest BCUT2D eigenvalue weighted by atomic mass is 9.95. The molecule has 3 rings (SSSR count). The van der Waals surface area contributed by atoms with Crippen LogP contribution in [0.3, 0.4) is 0 Å². The van der Waals surface area contributed by atoms with Gasteiger partial charge in [0, 0.05) is 29.3 Å². The van der Waals surface area contributed by atoms with Crippen LogP contribution in [0.1, 0.15) is 56.5 Å². The van der Waals surface area contributed by atoms with E-state index in [-0.39, 0.29) is 17.9 Å². The molecule has 1 fully saturated rings. The summed E-state index contributed by atoms with van der Waals surface area (Å²) >= 11 is 0. The number of hydrogen-bond acceptors (Lipinski definition) is 2. The molecule has 2 aromatic rings. The smallest absolute Gasteiger partial charge is 0.254 e. The predicted molar refractivity (Wildman–Crippen MR) is 113 cm³/mol. The number of hydrogen-bond donors (Lipinski definition) is 1. The summed E-state index contributed by atoms with van der Waals surface area (Å²) in [6, 6.07) is 17.6. The molecular formula is C24H30N2O2. The zero-order chi connectivity index (χ0) is 20.3. The van der Waals surface area contributed by atoms with Crippen molar-refractivity contribution >= 4 is 17.5 Å². The molecule has 2 amide bonds. The molecule has 0 bridgehead atoms. The van der Waals surface area contributed by atoms with Gasteiger partial charge in [-0.05, 0) is 49.4 Å². The lowest BCUT2D eigenvalue weighted by Gasteiger charge is -2.30. The van der Waals surface area contributed by atoms with Gasteiger partial charge in [0.15, 0.2) is 0 Å². The number of anilines is 1. The van der Waals surface area contributed by atoms with Crippen molar-refractivity contribution in [3.8, 4) is 0 Å². The molecule has 0 aromatic heterocycles. The molecule has 2 aromatic carbocycles. The summed E-state index contributed by atoms with van der Waals surface area (Å²) in [6.07, 6.45) is 2.36. The van der Waals surface area contributed by atoms with Gasteiger partial charge in [-0.3, -0.25) is 9.59 Å². The first-order chi connectivity index (χ1) is 13.3. The highest BCUT2D eigenvalue weighted by Gasteiger charge is 2.34. The molecule has 4 heteroatoms. The van der Waals surface area contributed by atoms with Crippen LogP contribution in [0, 0.1) is 11.3 Å². The maximum atomic E-state index is 13.4. The highest BCUT2D eigenvalue weighted by molar-refractivity contribution is 5.98. The molecule has 1 unspecified atom stereocenters. The molecule has 0 aliphatic heterocycles. The largest absolute Gasteiger partial charge is 0.331 e. The predicted octanol–water partition coefficient (Wildman–Crippen LogP) is 5.11. The van der Waals surface area contributed by atoms with Gasteiger partial charge in [0.2, 0.25) is 5.91 Å². The Bertz CT molecular complexity index is 835. The Morgan fingerprint density at radius 2 is 1.75 bits per heavy atom. The van der Waals surface area contributed by atoms with Gasteiger partial charge < -0.3 is 10.2 Å². The zero-order valence-electron chi connectivity index (χ0n) is 17.2. The molecule has 1 aliphatic carbocycles. The van der Waals surface area contributed by atoms with Crippen molar-refractivity contribution in [1.82, 2.24) is 4.90 Å². The van der Waals surface area contributed by atoms with Crippen molar-refractivity contribution in [2.45, 2.75) is 53.1 Å². The van der Waals surface area contributed by atoms with Crippen LogP contribution < -0.4 is 5.32 Å². The number of carbonyl (C=O) groups is 2. The summed E-state index contributed by atoms with van der Waals surface area (Å²) in [7, 11) is 0. The van der Waals surface area contributed by atoms with Crippen LogP contribution in [-0.4, -0.2) is 22.8 Å². The maximum Gasteiger partial charge on any atom is 0.254 e. The first-order valence-corrected chi connectivity index (χ1v) is 10.0. The van der Waals surface area contributed by atoms with Gasteiger partial charge in [0.05, 0.1) is 0 Å². The molecule has 0 radical (unpaired) electrons.